The topological polar surface area (TPSA) is 29.5 Å². The lowest BCUT2D eigenvalue weighted by molar-refractivity contribution is -0.127. The lowest BCUT2D eigenvalue weighted by atomic mass is 10.4. The van der Waals surface area contributed by atoms with Crippen LogP contribution >= 0.6 is 23.4 Å². The van der Waals surface area contributed by atoms with Crippen LogP contribution in [0, 0.1) is 0 Å². The fraction of sp³-hybridized carbons (Fsp3) is 0.875. The number of nitrogens with zero attached hydrogens (tertiary/aromatic N) is 1. The van der Waals surface area contributed by atoms with Gasteiger partial charge < -0.3 is 9.64 Å². The standard InChI is InChI=1S/C8H16ClNO2S/c1-10(8(11)6-13-3)4-7(9)5-12-2/h7H,4-6H2,1-3H3. The number of hydrogen-bond acceptors (Lipinski definition) is 3. The third-order valence-corrected chi connectivity index (χ3v) is 2.31. The Hall–Kier alpha value is 0.0700. The average molecular weight is 226 g/mol. The first-order valence-corrected chi connectivity index (χ1v) is 5.80. The second kappa shape index (κ2) is 7.47. The van der Waals surface area contributed by atoms with Crippen molar-refractivity contribution in [3.05, 3.63) is 0 Å². The second-order valence-corrected chi connectivity index (χ2v) is 4.24. The first kappa shape index (κ1) is 13.1. The van der Waals surface area contributed by atoms with E-state index in [9.17, 15) is 4.79 Å². The van der Waals surface area contributed by atoms with Gasteiger partial charge in [-0.15, -0.1) is 11.6 Å². The zero-order valence-corrected chi connectivity index (χ0v) is 9.82. The summed E-state index contributed by atoms with van der Waals surface area (Å²) in [5.74, 6) is 0.613. The van der Waals surface area contributed by atoms with Gasteiger partial charge in [0.05, 0.1) is 17.7 Å². The van der Waals surface area contributed by atoms with Crippen LogP contribution in [-0.2, 0) is 9.53 Å². The Kier molecular flexibility index (Phi) is 7.51. The molecule has 0 rings (SSSR count). The fourth-order valence-corrected chi connectivity index (χ4v) is 1.67. The molecule has 0 aliphatic heterocycles. The summed E-state index contributed by atoms with van der Waals surface area (Å²) in [7, 11) is 3.35. The summed E-state index contributed by atoms with van der Waals surface area (Å²) in [4.78, 5) is 12.9. The van der Waals surface area contributed by atoms with Gasteiger partial charge in [-0.25, -0.2) is 0 Å². The van der Waals surface area contributed by atoms with Gasteiger partial charge in [0.2, 0.25) is 5.91 Å². The molecule has 0 heterocycles. The van der Waals surface area contributed by atoms with E-state index in [-0.39, 0.29) is 11.3 Å². The van der Waals surface area contributed by atoms with Crippen molar-refractivity contribution >= 4 is 29.3 Å². The number of methoxy groups -OCH3 is 1. The number of thioether (sulfide) groups is 1. The molecule has 0 fully saturated rings. The number of carbonyl (C=O) groups is 1. The minimum atomic E-state index is -0.124. The van der Waals surface area contributed by atoms with Gasteiger partial charge in [0.1, 0.15) is 0 Å². The number of alkyl halides is 1. The molecule has 0 aromatic rings. The highest BCUT2D eigenvalue weighted by Gasteiger charge is 2.12. The van der Waals surface area contributed by atoms with Crippen LogP contribution in [0.3, 0.4) is 0 Å². The normalized spacial score (nSPS) is 12.6. The van der Waals surface area contributed by atoms with Crippen LogP contribution in [0.25, 0.3) is 0 Å². The molecule has 1 amide bonds. The SMILES string of the molecule is COCC(Cl)CN(C)C(=O)CSC. The zero-order chi connectivity index (χ0) is 10.3. The summed E-state index contributed by atoms with van der Waals surface area (Å²) in [6, 6.07) is 0. The maximum absolute atomic E-state index is 11.3. The van der Waals surface area contributed by atoms with Crippen molar-refractivity contribution < 1.29 is 9.53 Å². The van der Waals surface area contributed by atoms with Gasteiger partial charge in [-0.1, -0.05) is 0 Å². The summed E-state index contributed by atoms with van der Waals surface area (Å²) in [6.45, 7) is 1.01. The lowest BCUT2D eigenvalue weighted by Crippen LogP contribution is -2.34. The molecule has 78 valence electrons. The van der Waals surface area contributed by atoms with Crippen LogP contribution in [-0.4, -0.2) is 55.5 Å². The number of amides is 1. The number of carbonyl (C=O) groups excluding carboxylic acids is 1. The molecule has 0 saturated carbocycles. The highest BCUT2D eigenvalue weighted by Crippen LogP contribution is 2.01. The molecule has 0 aromatic heterocycles. The predicted octanol–water partition coefficient (Wildman–Crippen LogP) is 1.06. The van der Waals surface area contributed by atoms with Gasteiger partial charge in [0.15, 0.2) is 0 Å². The van der Waals surface area contributed by atoms with Gasteiger partial charge in [0.25, 0.3) is 0 Å². The van der Waals surface area contributed by atoms with Gasteiger partial charge in [-0.05, 0) is 6.26 Å². The zero-order valence-electron chi connectivity index (χ0n) is 8.25. The van der Waals surface area contributed by atoms with E-state index in [2.05, 4.69) is 0 Å². The molecule has 0 radical (unpaired) electrons. The first-order chi connectivity index (χ1) is 6.11. The van der Waals surface area contributed by atoms with E-state index >= 15 is 0 Å². The summed E-state index contributed by atoms with van der Waals surface area (Å²) in [6.07, 6.45) is 1.90. The van der Waals surface area contributed by atoms with Gasteiger partial charge in [-0.2, -0.15) is 11.8 Å². The smallest absolute Gasteiger partial charge is 0.232 e. The fourth-order valence-electron chi connectivity index (χ4n) is 0.866. The largest absolute Gasteiger partial charge is 0.383 e. The van der Waals surface area contributed by atoms with Gasteiger partial charge in [-0.3, -0.25) is 4.79 Å². The Labute approximate surface area is 88.8 Å². The molecule has 0 aromatic carbocycles. The number of hydrogen-bond donors (Lipinski definition) is 0. The lowest BCUT2D eigenvalue weighted by Gasteiger charge is -2.19. The van der Waals surface area contributed by atoms with E-state index < -0.39 is 0 Å². The van der Waals surface area contributed by atoms with E-state index in [0.29, 0.717) is 18.9 Å². The van der Waals surface area contributed by atoms with Crippen molar-refractivity contribution in [3.63, 3.8) is 0 Å². The van der Waals surface area contributed by atoms with Crippen LogP contribution < -0.4 is 0 Å². The monoisotopic (exact) mass is 225 g/mol. The summed E-state index contributed by atoms with van der Waals surface area (Å²) < 4.78 is 4.87. The third kappa shape index (κ3) is 6.18. The molecule has 0 saturated heterocycles. The first-order valence-electron chi connectivity index (χ1n) is 3.97. The Morgan fingerprint density at radius 3 is 2.77 bits per heavy atom. The number of rotatable bonds is 6. The highest BCUT2D eigenvalue weighted by atomic mass is 35.5. The molecule has 0 aliphatic rings. The molecule has 13 heavy (non-hydrogen) atoms. The quantitative estimate of drug-likeness (QED) is 0.634. The van der Waals surface area contributed by atoms with E-state index in [4.69, 9.17) is 16.3 Å². The average Bonchev–Trinajstić information content (AvgIpc) is 2.05. The minimum Gasteiger partial charge on any atom is -0.383 e. The van der Waals surface area contributed by atoms with Crippen molar-refractivity contribution in [2.75, 3.05) is 39.3 Å². The second-order valence-electron chi connectivity index (χ2n) is 2.76. The highest BCUT2D eigenvalue weighted by molar-refractivity contribution is 7.99. The van der Waals surface area contributed by atoms with Crippen LogP contribution in [0.15, 0.2) is 0 Å². The van der Waals surface area contributed by atoms with Crippen LogP contribution in [0.4, 0.5) is 0 Å². The molecule has 0 spiro atoms. The Bertz CT molecular complexity index is 157. The van der Waals surface area contributed by atoms with Gasteiger partial charge in [0, 0.05) is 20.7 Å². The van der Waals surface area contributed by atoms with Crippen LogP contribution in [0.1, 0.15) is 0 Å². The summed E-state index contributed by atoms with van der Waals surface area (Å²) >= 11 is 7.41. The van der Waals surface area contributed by atoms with Crippen LogP contribution in [0.2, 0.25) is 0 Å². The minimum absolute atomic E-state index is 0.106. The molecule has 0 aliphatic carbocycles. The van der Waals surface area contributed by atoms with Crippen molar-refractivity contribution in [1.82, 2.24) is 4.90 Å². The molecule has 0 N–H and O–H groups in total. The van der Waals surface area contributed by atoms with Crippen molar-refractivity contribution in [2.24, 2.45) is 0 Å². The molecule has 1 unspecified atom stereocenters. The molecular formula is C8H16ClNO2S. The molecule has 0 bridgehead atoms. The van der Waals surface area contributed by atoms with Gasteiger partial charge >= 0.3 is 0 Å². The Balaban J connectivity index is 3.71. The van der Waals surface area contributed by atoms with E-state index in [0.717, 1.165) is 0 Å². The van der Waals surface area contributed by atoms with Crippen molar-refractivity contribution in [3.8, 4) is 0 Å². The van der Waals surface area contributed by atoms with Crippen LogP contribution in [0.5, 0.6) is 0 Å². The summed E-state index contributed by atoms with van der Waals surface area (Å²) in [5, 5.41) is -0.124. The number of ether oxygens (including phenoxy) is 1. The predicted molar refractivity (Wildman–Crippen MR) is 57.5 cm³/mol. The third-order valence-electron chi connectivity index (χ3n) is 1.51. The molecular weight excluding hydrogens is 210 g/mol. The number of halogens is 1. The summed E-state index contributed by atoms with van der Waals surface area (Å²) in [5.41, 5.74) is 0. The van der Waals surface area contributed by atoms with Crippen molar-refractivity contribution in [1.29, 1.82) is 0 Å². The maximum atomic E-state index is 11.3. The molecule has 3 nitrogen and oxygen atoms in total. The van der Waals surface area contributed by atoms with E-state index in [1.807, 2.05) is 6.26 Å². The Morgan fingerprint density at radius 1 is 1.69 bits per heavy atom. The van der Waals surface area contributed by atoms with Crippen molar-refractivity contribution in [2.45, 2.75) is 5.38 Å². The maximum Gasteiger partial charge on any atom is 0.232 e. The molecule has 5 heteroatoms. The molecule has 1 atom stereocenters. The van der Waals surface area contributed by atoms with E-state index in [1.165, 1.54) is 11.8 Å². The Morgan fingerprint density at radius 2 is 2.31 bits per heavy atom. The van der Waals surface area contributed by atoms with E-state index in [1.54, 1.807) is 19.1 Å².